The Morgan fingerprint density at radius 2 is 1.78 bits per heavy atom. The highest BCUT2D eigenvalue weighted by atomic mass is 16.2. The van der Waals surface area contributed by atoms with E-state index in [4.69, 9.17) is 5.26 Å². The van der Waals surface area contributed by atoms with E-state index in [9.17, 15) is 9.59 Å². The molecule has 3 aromatic rings. The van der Waals surface area contributed by atoms with Gasteiger partial charge in [0.15, 0.2) is 5.82 Å². The van der Waals surface area contributed by atoms with Gasteiger partial charge in [0.1, 0.15) is 17.7 Å². The molecule has 2 amide bonds. The maximum Gasteiger partial charge on any atom is 0.246 e. The van der Waals surface area contributed by atoms with Gasteiger partial charge in [-0.05, 0) is 45.6 Å². The first-order valence-corrected chi connectivity index (χ1v) is 13.1. The predicted octanol–water partition coefficient (Wildman–Crippen LogP) is 2.55. The van der Waals surface area contributed by atoms with Crippen molar-refractivity contribution < 1.29 is 9.59 Å². The Morgan fingerprint density at radius 3 is 2.44 bits per heavy atom. The van der Waals surface area contributed by atoms with Crippen LogP contribution in [0.5, 0.6) is 0 Å². The minimum atomic E-state index is -0.631. The number of carbonyl (C=O) groups is 2. The summed E-state index contributed by atoms with van der Waals surface area (Å²) in [5.41, 5.74) is 2.58. The number of hydrogen-bond acceptors (Lipinski definition) is 10. The van der Waals surface area contributed by atoms with Crippen LogP contribution in [-0.4, -0.2) is 88.6 Å². The van der Waals surface area contributed by atoms with Crippen molar-refractivity contribution in [2.75, 3.05) is 56.7 Å². The van der Waals surface area contributed by atoms with Gasteiger partial charge in [0.25, 0.3) is 0 Å². The summed E-state index contributed by atoms with van der Waals surface area (Å²) in [6.07, 6.45) is 3.57. The Balaban J connectivity index is 1.61. The highest BCUT2D eigenvalue weighted by Crippen LogP contribution is 2.21. The first-order valence-electron chi connectivity index (χ1n) is 13.1. The van der Waals surface area contributed by atoms with E-state index in [-0.39, 0.29) is 11.8 Å². The van der Waals surface area contributed by atoms with Crippen molar-refractivity contribution in [2.45, 2.75) is 26.3 Å². The molecule has 0 aliphatic carbocycles. The van der Waals surface area contributed by atoms with Gasteiger partial charge in [0.05, 0.1) is 12.5 Å². The number of aromatic amines is 1. The summed E-state index contributed by atoms with van der Waals surface area (Å²) in [5.74, 6) is 1.50. The number of aryl methyl sites for hydroxylation is 1. The molecule has 0 aliphatic rings. The summed E-state index contributed by atoms with van der Waals surface area (Å²) >= 11 is 0. The summed E-state index contributed by atoms with van der Waals surface area (Å²) in [4.78, 5) is 37.4. The summed E-state index contributed by atoms with van der Waals surface area (Å²) in [6.45, 7) is 4.93. The highest BCUT2D eigenvalue weighted by Gasteiger charge is 2.20. The molecule has 3 rings (SSSR count). The van der Waals surface area contributed by atoms with Crippen molar-refractivity contribution in [3.05, 3.63) is 59.8 Å². The van der Waals surface area contributed by atoms with Crippen LogP contribution < -0.4 is 21.3 Å². The number of likely N-dealkylation sites (N-methyl/N-ethyl adjacent to an activating group) is 2. The monoisotopic (exact) mass is 559 g/mol. The quantitative estimate of drug-likeness (QED) is 0.146. The van der Waals surface area contributed by atoms with Crippen LogP contribution in [0, 0.1) is 18.3 Å². The van der Waals surface area contributed by atoms with Gasteiger partial charge in [-0.1, -0.05) is 18.2 Å². The number of amides is 2. The minimum absolute atomic E-state index is 0.236. The zero-order valence-corrected chi connectivity index (χ0v) is 24.0. The minimum Gasteiger partial charge on any atom is -0.368 e. The van der Waals surface area contributed by atoms with Gasteiger partial charge in [0, 0.05) is 56.3 Å². The summed E-state index contributed by atoms with van der Waals surface area (Å²) < 4.78 is 0. The number of H-pyrrole nitrogens is 1. The maximum absolute atomic E-state index is 12.6. The van der Waals surface area contributed by atoms with Crippen molar-refractivity contribution in [3.8, 4) is 6.07 Å². The first kappa shape index (κ1) is 30.6. The van der Waals surface area contributed by atoms with Crippen LogP contribution in [0.15, 0.2) is 48.6 Å². The fraction of sp³-hybridized carbons (Fsp3) is 0.357. The number of rotatable bonds is 14. The summed E-state index contributed by atoms with van der Waals surface area (Å²) in [7, 11) is 5.43. The van der Waals surface area contributed by atoms with Gasteiger partial charge >= 0.3 is 0 Å². The van der Waals surface area contributed by atoms with E-state index < -0.39 is 6.04 Å². The molecule has 0 spiro atoms. The number of benzene rings is 1. The third-order valence-corrected chi connectivity index (χ3v) is 5.95. The maximum atomic E-state index is 12.6. The zero-order valence-electron chi connectivity index (χ0n) is 24.0. The lowest BCUT2D eigenvalue weighted by molar-refractivity contribution is -0.135. The third-order valence-electron chi connectivity index (χ3n) is 5.95. The molecule has 0 aliphatic heterocycles. The lowest BCUT2D eigenvalue weighted by Gasteiger charge is -2.23. The SMILES string of the molecule is Cc1cc(Nc2cc(NCCNC(=O)[C@H](C)N(C)C(=O)/C=C/CN(C)C)nc(Nc3ccc(CC#N)cc3)n2)n[nH]1. The van der Waals surface area contributed by atoms with Gasteiger partial charge in [-0.3, -0.25) is 14.7 Å². The van der Waals surface area contributed by atoms with Gasteiger partial charge in [-0.15, -0.1) is 0 Å². The first-order chi connectivity index (χ1) is 19.6. The van der Waals surface area contributed by atoms with E-state index in [0.717, 1.165) is 16.9 Å². The molecule has 0 saturated heterocycles. The molecule has 13 nitrogen and oxygen atoms in total. The number of hydrogen-bond donors (Lipinski definition) is 5. The second-order valence-electron chi connectivity index (χ2n) is 9.69. The topological polar surface area (TPSA) is 167 Å². The number of anilines is 5. The molecule has 13 heteroatoms. The molecule has 0 saturated carbocycles. The normalized spacial score (nSPS) is 11.6. The standard InChI is InChI=1S/C28H37N11O2/c1-19-17-25(37-36-19)33-24-18-23(34-28(35-24)32-22-10-8-21(9-11-22)12-13-29)30-14-15-31-27(41)20(2)39(5)26(40)7-6-16-38(3)4/h6-11,17-18,20H,12,14-16H2,1-5H3,(H,31,41)(H4,30,32,33,34,35,36,37)/b7-6+/t20-/m0/s1. The molecule has 2 aromatic heterocycles. The van der Waals surface area contributed by atoms with Gasteiger partial charge in [-0.2, -0.15) is 20.3 Å². The molecule has 0 unspecified atom stereocenters. The molecule has 5 N–H and O–H groups in total. The Kier molecular flexibility index (Phi) is 11.2. The van der Waals surface area contributed by atoms with E-state index in [1.807, 2.05) is 56.3 Å². The molecule has 2 heterocycles. The van der Waals surface area contributed by atoms with Crippen molar-refractivity contribution in [2.24, 2.45) is 0 Å². The molecule has 216 valence electrons. The lowest BCUT2D eigenvalue weighted by Crippen LogP contribution is -2.46. The number of nitrogens with zero attached hydrogens (tertiary/aromatic N) is 6. The van der Waals surface area contributed by atoms with Gasteiger partial charge < -0.3 is 31.1 Å². The second-order valence-corrected chi connectivity index (χ2v) is 9.69. The lowest BCUT2D eigenvalue weighted by atomic mass is 10.1. The average Bonchev–Trinajstić information content (AvgIpc) is 3.35. The van der Waals surface area contributed by atoms with Crippen molar-refractivity contribution in [3.63, 3.8) is 0 Å². The van der Waals surface area contributed by atoms with Crippen molar-refractivity contribution in [1.29, 1.82) is 5.26 Å². The van der Waals surface area contributed by atoms with Crippen LogP contribution in [0.25, 0.3) is 0 Å². The van der Waals surface area contributed by atoms with Crippen LogP contribution in [0.2, 0.25) is 0 Å². The molecule has 0 bridgehead atoms. The van der Waals surface area contributed by atoms with Gasteiger partial charge in [0.2, 0.25) is 17.8 Å². The number of aromatic nitrogens is 4. The highest BCUT2D eigenvalue weighted by molar-refractivity contribution is 5.92. The Labute approximate surface area is 240 Å². The third kappa shape index (κ3) is 9.94. The molecule has 0 fully saturated rings. The summed E-state index contributed by atoms with van der Waals surface area (Å²) in [5, 5.41) is 28.4. The summed E-state index contributed by atoms with van der Waals surface area (Å²) in [6, 6.07) is 12.5. The van der Waals surface area contributed by atoms with Crippen molar-refractivity contribution in [1.82, 2.24) is 35.3 Å². The second kappa shape index (κ2) is 15.0. The molecule has 1 aromatic carbocycles. The smallest absolute Gasteiger partial charge is 0.246 e. The van der Waals surface area contributed by atoms with Crippen LogP contribution >= 0.6 is 0 Å². The van der Waals surface area contributed by atoms with Crippen LogP contribution in [-0.2, 0) is 16.0 Å². The Hall–Kier alpha value is -4.96. The van der Waals surface area contributed by atoms with E-state index >= 15 is 0 Å². The Bertz CT molecular complexity index is 1380. The number of nitrogens with one attached hydrogen (secondary N) is 5. The number of nitriles is 1. The van der Waals surface area contributed by atoms with Crippen LogP contribution in [0.1, 0.15) is 18.2 Å². The molecule has 41 heavy (non-hydrogen) atoms. The molecular weight excluding hydrogens is 522 g/mol. The van der Waals surface area contributed by atoms with Gasteiger partial charge in [-0.25, -0.2) is 0 Å². The molecular formula is C28H37N11O2. The predicted molar refractivity (Wildman–Crippen MR) is 159 cm³/mol. The van der Waals surface area contributed by atoms with E-state index in [1.165, 1.54) is 11.0 Å². The van der Waals surface area contributed by atoms with E-state index in [0.29, 0.717) is 49.5 Å². The fourth-order valence-corrected chi connectivity index (χ4v) is 3.57. The van der Waals surface area contributed by atoms with E-state index in [1.54, 1.807) is 26.1 Å². The van der Waals surface area contributed by atoms with Crippen LogP contribution in [0.4, 0.5) is 29.1 Å². The molecule has 1 atom stereocenters. The molecule has 0 radical (unpaired) electrons. The van der Waals surface area contributed by atoms with Crippen molar-refractivity contribution >= 4 is 40.9 Å². The fourth-order valence-electron chi connectivity index (χ4n) is 3.57. The van der Waals surface area contributed by atoms with E-state index in [2.05, 4.69) is 47.5 Å². The Morgan fingerprint density at radius 1 is 1.05 bits per heavy atom. The number of carbonyl (C=O) groups excluding carboxylic acids is 2. The largest absolute Gasteiger partial charge is 0.368 e. The zero-order chi connectivity index (χ0) is 29.8. The average molecular weight is 560 g/mol. The van der Waals surface area contributed by atoms with Crippen LogP contribution in [0.3, 0.4) is 0 Å².